The fourth-order valence-electron chi connectivity index (χ4n) is 3.85. The summed E-state index contributed by atoms with van der Waals surface area (Å²) < 4.78 is 33.3. The van der Waals surface area contributed by atoms with E-state index in [9.17, 15) is 8.78 Å². The van der Waals surface area contributed by atoms with Crippen LogP contribution in [0.15, 0.2) is 23.2 Å². The molecule has 2 aliphatic heterocycles. The van der Waals surface area contributed by atoms with E-state index < -0.39 is 11.6 Å². The molecule has 0 saturated carbocycles. The number of nitrogens with zero attached hydrogens (tertiary/aromatic N) is 3. The third kappa shape index (κ3) is 4.15. The molecule has 3 heterocycles. The van der Waals surface area contributed by atoms with Gasteiger partial charge < -0.3 is 15.0 Å². The van der Waals surface area contributed by atoms with E-state index in [4.69, 9.17) is 9.73 Å². The van der Waals surface area contributed by atoms with Gasteiger partial charge in [0.2, 0.25) is 0 Å². The van der Waals surface area contributed by atoms with Crippen molar-refractivity contribution in [2.75, 3.05) is 45.2 Å². The number of fused-ring (bicyclic) bond motifs is 2. The van der Waals surface area contributed by atoms with E-state index >= 15 is 0 Å². The largest absolute Gasteiger partial charge is 0.382 e. The Hall–Kier alpha value is -2.03. The highest BCUT2D eigenvalue weighted by atomic mass is 32.1. The van der Waals surface area contributed by atoms with Crippen LogP contribution in [-0.4, -0.2) is 61.6 Å². The highest BCUT2D eigenvalue weighted by Crippen LogP contribution is 2.40. The van der Waals surface area contributed by atoms with Crippen molar-refractivity contribution in [3.05, 3.63) is 40.3 Å². The van der Waals surface area contributed by atoms with Gasteiger partial charge >= 0.3 is 0 Å². The summed E-state index contributed by atoms with van der Waals surface area (Å²) in [7, 11) is 2.14. The molecule has 0 amide bonds. The van der Waals surface area contributed by atoms with Crippen LogP contribution < -0.4 is 5.32 Å². The van der Waals surface area contributed by atoms with Gasteiger partial charge in [0.05, 0.1) is 16.9 Å². The predicted octanol–water partition coefficient (Wildman–Crippen LogP) is 4.51. The molecule has 1 N–H and O–H groups in total. The van der Waals surface area contributed by atoms with Crippen LogP contribution in [0.4, 0.5) is 25.2 Å². The van der Waals surface area contributed by atoms with Crippen molar-refractivity contribution in [2.24, 2.45) is 4.99 Å². The van der Waals surface area contributed by atoms with Gasteiger partial charge in [0, 0.05) is 55.9 Å². The molecule has 0 spiro atoms. The lowest BCUT2D eigenvalue weighted by molar-refractivity contribution is 0.0843. The molecule has 2 aromatic rings. The maximum Gasteiger partial charge on any atom is 0.161 e. The quantitative estimate of drug-likeness (QED) is 0.739. The monoisotopic (exact) mass is 420 g/mol. The van der Waals surface area contributed by atoms with E-state index in [0.29, 0.717) is 17.4 Å². The number of piperazine rings is 1. The molecule has 1 saturated heterocycles. The summed E-state index contributed by atoms with van der Waals surface area (Å²) in [6.07, 6.45) is 0.943. The Morgan fingerprint density at radius 3 is 2.83 bits per heavy atom. The standard InChI is InChI=1S/C21H26F2N4OS/c1-4-28-8-5-14-12-27(7-6-26(14)3)20-15-9-13(2)29-21(15)25-19-11-17(23)16(22)10-18(19)24-20/h9-11,14,25H,4-8,12H2,1-3H3/t14-/m0/s1. The molecule has 8 heteroatoms. The van der Waals surface area contributed by atoms with E-state index in [0.717, 1.165) is 60.5 Å². The van der Waals surface area contributed by atoms with Crippen molar-refractivity contribution >= 4 is 33.5 Å². The normalized spacial score (nSPS) is 19.3. The number of aryl methyl sites for hydroxylation is 1. The fraction of sp³-hybridized carbons (Fsp3) is 0.476. The molecule has 1 fully saturated rings. The van der Waals surface area contributed by atoms with E-state index in [1.807, 2.05) is 13.8 Å². The predicted molar refractivity (Wildman–Crippen MR) is 114 cm³/mol. The first-order valence-electron chi connectivity index (χ1n) is 9.94. The smallest absolute Gasteiger partial charge is 0.161 e. The fourth-order valence-corrected chi connectivity index (χ4v) is 4.77. The Labute approximate surface area is 174 Å². The number of hydrogen-bond donors (Lipinski definition) is 1. The topological polar surface area (TPSA) is 40.1 Å². The summed E-state index contributed by atoms with van der Waals surface area (Å²) >= 11 is 1.60. The van der Waals surface area contributed by atoms with Crippen molar-refractivity contribution in [1.29, 1.82) is 0 Å². The zero-order chi connectivity index (χ0) is 20.5. The van der Waals surface area contributed by atoms with E-state index in [1.165, 1.54) is 12.1 Å². The van der Waals surface area contributed by atoms with Gasteiger partial charge in [-0.05, 0) is 33.4 Å². The number of rotatable bonds is 4. The number of ether oxygens (including phenoxy) is 1. The molecule has 5 nitrogen and oxygen atoms in total. The number of halogens is 2. The second-order valence-corrected chi connectivity index (χ2v) is 8.77. The van der Waals surface area contributed by atoms with E-state index in [2.05, 4.69) is 28.2 Å². The first-order chi connectivity index (χ1) is 14.0. The number of anilines is 2. The third-order valence-corrected chi connectivity index (χ3v) is 6.45. The number of thiophene rings is 1. The SMILES string of the molecule is CCOCC[C@H]1CN(C2=Nc3cc(F)c(F)cc3Nc3sc(C)cc32)CCN1C. The molecule has 0 radical (unpaired) electrons. The molecule has 0 unspecified atom stereocenters. The average molecular weight is 421 g/mol. The first-order valence-corrected chi connectivity index (χ1v) is 10.8. The maximum atomic E-state index is 13.9. The highest BCUT2D eigenvalue weighted by molar-refractivity contribution is 7.16. The van der Waals surface area contributed by atoms with Gasteiger partial charge in [-0.25, -0.2) is 13.8 Å². The minimum absolute atomic E-state index is 0.349. The molecule has 1 aromatic heterocycles. The van der Waals surface area contributed by atoms with Crippen molar-refractivity contribution in [3.63, 3.8) is 0 Å². The highest BCUT2D eigenvalue weighted by Gasteiger charge is 2.30. The van der Waals surface area contributed by atoms with Gasteiger partial charge in [0.15, 0.2) is 11.6 Å². The molecule has 156 valence electrons. The maximum absolute atomic E-state index is 13.9. The number of hydrogen-bond acceptors (Lipinski definition) is 6. The lowest BCUT2D eigenvalue weighted by Gasteiger charge is -2.41. The zero-order valence-corrected chi connectivity index (χ0v) is 17.8. The summed E-state index contributed by atoms with van der Waals surface area (Å²) in [6, 6.07) is 4.80. The minimum atomic E-state index is -0.886. The average Bonchev–Trinajstić information content (AvgIpc) is 2.98. The Balaban J connectivity index is 1.70. The summed E-state index contributed by atoms with van der Waals surface area (Å²) in [4.78, 5) is 10.6. The number of benzene rings is 1. The van der Waals surface area contributed by atoms with Crippen LogP contribution in [0.2, 0.25) is 0 Å². The van der Waals surface area contributed by atoms with Crippen LogP contribution in [0.3, 0.4) is 0 Å². The Morgan fingerprint density at radius 2 is 2.03 bits per heavy atom. The molecule has 2 aliphatic rings. The van der Waals surface area contributed by atoms with Crippen LogP contribution in [0.5, 0.6) is 0 Å². The Morgan fingerprint density at radius 1 is 1.24 bits per heavy atom. The van der Waals surface area contributed by atoms with E-state index in [1.54, 1.807) is 11.3 Å². The molecular weight excluding hydrogens is 394 g/mol. The number of aliphatic imine (C=N–C) groups is 1. The minimum Gasteiger partial charge on any atom is -0.382 e. The molecule has 0 bridgehead atoms. The number of amidine groups is 1. The van der Waals surface area contributed by atoms with Gasteiger partial charge in [0.25, 0.3) is 0 Å². The lowest BCUT2D eigenvalue weighted by atomic mass is 10.1. The molecular formula is C21H26F2N4OS. The Kier molecular flexibility index (Phi) is 5.85. The van der Waals surface area contributed by atoms with Crippen LogP contribution in [0.1, 0.15) is 23.8 Å². The molecule has 0 aliphatic carbocycles. The first kappa shape index (κ1) is 20.3. The molecule has 1 atom stereocenters. The van der Waals surface area contributed by atoms with Gasteiger partial charge in [-0.2, -0.15) is 0 Å². The van der Waals surface area contributed by atoms with Gasteiger partial charge in [0.1, 0.15) is 10.8 Å². The van der Waals surface area contributed by atoms with Crippen LogP contribution in [-0.2, 0) is 4.74 Å². The summed E-state index contributed by atoms with van der Waals surface area (Å²) in [5, 5.41) is 4.18. The zero-order valence-electron chi connectivity index (χ0n) is 17.0. The van der Waals surface area contributed by atoms with Gasteiger partial charge in [-0.3, -0.25) is 4.90 Å². The van der Waals surface area contributed by atoms with Crippen LogP contribution in [0, 0.1) is 18.6 Å². The van der Waals surface area contributed by atoms with Crippen LogP contribution >= 0.6 is 11.3 Å². The second-order valence-electron chi connectivity index (χ2n) is 7.51. The molecule has 29 heavy (non-hydrogen) atoms. The van der Waals surface area contributed by atoms with Crippen molar-refractivity contribution < 1.29 is 13.5 Å². The third-order valence-electron chi connectivity index (χ3n) is 5.49. The molecule has 1 aromatic carbocycles. The summed E-state index contributed by atoms with van der Waals surface area (Å²) in [6.45, 7) is 8.04. The summed E-state index contributed by atoms with van der Waals surface area (Å²) in [5.74, 6) is -0.945. The summed E-state index contributed by atoms with van der Waals surface area (Å²) in [5.41, 5.74) is 1.89. The van der Waals surface area contributed by atoms with Crippen molar-refractivity contribution in [2.45, 2.75) is 26.3 Å². The van der Waals surface area contributed by atoms with Crippen molar-refractivity contribution in [1.82, 2.24) is 9.80 Å². The lowest BCUT2D eigenvalue weighted by Crippen LogP contribution is -2.53. The molecule has 4 rings (SSSR count). The Bertz CT molecular complexity index is 930. The second kappa shape index (κ2) is 8.38. The number of likely N-dealkylation sites (N-methyl/N-ethyl adjacent to an activating group) is 1. The van der Waals surface area contributed by atoms with Gasteiger partial charge in [-0.15, -0.1) is 11.3 Å². The van der Waals surface area contributed by atoms with Gasteiger partial charge in [-0.1, -0.05) is 0 Å². The van der Waals surface area contributed by atoms with E-state index in [-0.39, 0.29) is 0 Å². The number of nitrogens with one attached hydrogen (secondary N) is 1. The van der Waals surface area contributed by atoms with Crippen molar-refractivity contribution in [3.8, 4) is 0 Å². The van der Waals surface area contributed by atoms with Crippen LogP contribution in [0.25, 0.3) is 0 Å².